The zero-order chi connectivity index (χ0) is 8.10. The zero-order valence-electron chi connectivity index (χ0n) is 6.49. The molecule has 1 unspecified atom stereocenters. The van der Waals surface area contributed by atoms with Crippen molar-refractivity contribution in [3.63, 3.8) is 0 Å². The lowest BCUT2D eigenvalue weighted by Gasteiger charge is -2.11. The molecule has 1 amide bonds. The van der Waals surface area contributed by atoms with Crippen LogP contribution in [0.1, 0.15) is 19.3 Å². The number of primary amides is 1. The molecule has 0 heterocycles. The molecule has 2 heteroatoms. The number of carbonyl (C=O) groups is 1. The second-order valence-corrected chi connectivity index (χ2v) is 2.81. The first-order valence-corrected chi connectivity index (χ1v) is 3.91. The Morgan fingerprint density at radius 2 is 2.36 bits per heavy atom. The van der Waals surface area contributed by atoms with Crippen molar-refractivity contribution in [3.8, 4) is 0 Å². The fourth-order valence-electron chi connectivity index (χ4n) is 1.22. The van der Waals surface area contributed by atoms with Gasteiger partial charge in [0.15, 0.2) is 0 Å². The van der Waals surface area contributed by atoms with Gasteiger partial charge in [-0.05, 0) is 31.3 Å². The number of nitrogens with two attached hydrogens (primary N) is 1. The Morgan fingerprint density at radius 3 is 2.91 bits per heavy atom. The lowest BCUT2D eigenvalue weighted by atomic mass is 9.94. The first-order chi connectivity index (χ1) is 5.29. The molecule has 1 aliphatic rings. The van der Waals surface area contributed by atoms with Crippen LogP contribution in [0.15, 0.2) is 24.3 Å². The maximum Gasteiger partial charge on any atom is 0.241 e. The SMILES string of the molecule is NC(=O)C=CC1CC=CCC1. The quantitative estimate of drug-likeness (QED) is 0.470. The van der Waals surface area contributed by atoms with Gasteiger partial charge in [0.25, 0.3) is 0 Å². The minimum absolute atomic E-state index is 0.348. The molecule has 1 atom stereocenters. The van der Waals surface area contributed by atoms with Gasteiger partial charge in [0.1, 0.15) is 0 Å². The number of carbonyl (C=O) groups excluding carboxylic acids is 1. The summed E-state index contributed by atoms with van der Waals surface area (Å²) in [4.78, 5) is 10.4. The summed E-state index contributed by atoms with van der Waals surface area (Å²) in [6.07, 6.45) is 11.0. The molecular formula is C9H13NO. The molecule has 0 radical (unpaired) electrons. The molecule has 2 N–H and O–H groups in total. The van der Waals surface area contributed by atoms with E-state index < -0.39 is 0 Å². The molecule has 60 valence electrons. The number of hydrogen-bond donors (Lipinski definition) is 1. The number of allylic oxidation sites excluding steroid dienone is 3. The molecule has 0 saturated heterocycles. The van der Waals surface area contributed by atoms with Crippen LogP contribution in [0, 0.1) is 5.92 Å². The Kier molecular flexibility index (Phi) is 2.90. The molecule has 1 aliphatic carbocycles. The lowest BCUT2D eigenvalue weighted by Crippen LogP contribution is -2.07. The van der Waals surface area contributed by atoms with Crippen LogP contribution < -0.4 is 5.73 Å². The predicted octanol–water partition coefficient (Wildman–Crippen LogP) is 1.38. The van der Waals surface area contributed by atoms with E-state index >= 15 is 0 Å². The Morgan fingerprint density at radius 1 is 1.55 bits per heavy atom. The highest BCUT2D eigenvalue weighted by Gasteiger charge is 2.04. The Balaban J connectivity index is 2.37. The van der Waals surface area contributed by atoms with E-state index in [4.69, 9.17) is 5.73 Å². The van der Waals surface area contributed by atoms with Gasteiger partial charge in [0.2, 0.25) is 5.91 Å². The maximum atomic E-state index is 10.4. The summed E-state index contributed by atoms with van der Waals surface area (Å²) in [5.41, 5.74) is 4.97. The van der Waals surface area contributed by atoms with Gasteiger partial charge < -0.3 is 5.73 Å². The molecule has 0 fully saturated rings. The molecule has 1 rings (SSSR count). The first kappa shape index (κ1) is 8.05. The van der Waals surface area contributed by atoms with Crippen molar-refractivity contribution in [3.05, 3.63) is 24.3 Å². The van der Waals surface area contributed by atoms with E-state index in [0.29, 0.717) is 5.92 Å². The van der Waals surface area contributed by atoms with Crippen LogP contribution in [0.2, 0.25) is 0 Å². The van der Waals surface area contributed by atoms with E-state index in [-0.39, 0.29) is 5.91 Å². The summed E-state index contributed by atoms with van der Waals surface area (Å²) in [7, 11) is 0. The third kappa shape index (κ3) is 3.03. The normalized spacial score (nSPS) is 24.2. The van der Waals surface area contributed by atoms with Crippen LogP contribution in [0.25, 0.3) is 0 Å². The molecular weight excluding hydrogens is 138 g/mol. The second kappa shape index (κ2) is 3.96. The highest BCUT2D eigenvalue weighted by Crippen LogP contribution is 2.18. The standard InChI is InChI=1S/C9H13NO/c10-9(11)7-6-8-4-2-1-3-5-8/h1-2,6-8H,3-5H2,(H2,10,11). The third-order valence-corrected chi connectivity index (χ3v) is 1.84. The van der Waals surface area contributed by atoms with Gasteiger partial charge in [-0.1, -0.05) is 18.2 Å². The summed E-state index contributed by atoms with van der Waals surface area (Å²) in [6, 6.07) is 0. The number of rotatable bonds is 2. The summed E-state index contributed by atoms with van der Waals surface area (Å²) in [6.45, 7) is 0. The van der Waals surface area contributed by atoms with E-state index in [1.165, 1.54) is 6.08 Å². The summed E-state index contributed by atoms with van der Waals surface area (Å²) in [5, 5.41) is 0. The molecule has 0 saturated carbocycles. The molecule has 2 nitrogen and oxygen atoms in total. The van der Waals surface area contributed by atoms with Crippen molar-refractivity contribution in [2.24, 2.45) is 11.7 Å². The van der Waals surface area contributed by atoms with Gasteiger partial charge in [-0.2, -0.15) is 0 Å². The van der Waals surface area contributed by atoms with Crippen LogP contribution in [-0.2, 0) is 4.79 Å². The fourth-order valence-corrected chi connectivity index (χ4v) is 1.22. The van der Waals surface area contributed by atoms with Crippen molar-refractivity contribution >= 4 is 5.91 Å². The monoisotopic (exact) mass is 151 g/mol. The van der Waals surface area contributed by atoms with Gasteiger partial charge in [-0.15, -0.1) is 0 Å². The number of amides is 1. The Labute approximate surface area is 66.8 Å². The maximum absolute atomic E-state index is 10.4. The van der Waals surface area contributed by atoms with Gasteiger partial charge in [0, 0.05) is 0 Å². The predicted molar refractivity (Wildman–Crippen MR) is 44.8 cm³/mol. The second-order valence-electron chi connectivity index (χ2n) is 2.81. The van der Waals surface area contributed by atoms with Crippen molar-refractivity contribution in [1.29, 1.82) is 0 Å². The fraction of sp³-hybridized carbons (Fsp3) is 0.444. The van der Waals surface area contributed by atoms with Gasteiger partial charge in [-0.3, -0.25) is 4.79 Å². The van der Waals surface area contributed by atoms with Crippen molar-refractivity contribution in [2.75, 3.05) is 0 Å². The minimum atomic E-state index is -0.348. The number of hydrogen-bond acceptors (Lipinski definition) is 1. The van der Waals surface area contributed by atoms with Crippen molar-refractivity contribution < 1.29 is 4.79 Å². The lowest BCUT2D eigenvalue weighted by molar-refractivity contribution is -0.113. The van der Waals surface area contributed by atoms with Gasteiger partial charge >= 0.3 is 0 Å². The van der Waals surface area contributed by atoms with E-state index in [1.807, 2.05) is 6.08 Å². The van der Waals surface area contributed by atoms with Crippen LogP contribution in [-0.4, -0.2) is 5.91 Å². The highest BCUT2D eigenvalue weighted by atomic mass is 16.1. The molecule has 0 bridgehead atoms. The van der Waals surface area contributed by atoms with E-state index in [9.17, 15) is 4.79 Å². The van der Waals surface area contributed by atoms with E-state index in [1.54, 1.807) is 0 Å². The highest BCUT2D eigenvalue weighted by molar-refractivity contribution is 5.85. The minimum Gasteiger partial charge on any atom is -0.366 e. The smallest absolute Gasteiger partial charge is 0.241 e. The molecule has 0 aliphatic heterocycles. The average Bonchev–Trinajstić information content (AvgIpc) is 2.03. The topological polar surface area (TPSA) is 43.1 Å². The van der Waals surface area contributed by atoms with Crippen LogP contribution in [0.5, 0.6) is 0 Å². The molecule has 11 heavy (non-hydrogen) atoms. The van der Waals surface area contributed by atoms with Crippen LogP contribution in [0.3, 0.4) is 0 Å². The van der Waals surface area contributed by atoms with Crippen LogP contribution in [0.4, 0.5) is 0 Å². The molecule has 0 aromatic rings. The van der Waals surface area contributed by atoms with Crippen molar-refractivity contribution in [2.45, 2.75) is 19.3 Å². The zero-order valence-corrected chi connectivity index (χ0v) is 6.49. The Bertz CT molecular complexity index is 194. The summed E-state index contributed by atoms with van der Waals surface area (Å²) >= 11 is 0. The third-order valence-electron chi connectivity index (χ3n) is 1.84. The van der Waals surface area contributed by atoms with Gasteiger partial charge in [-0.25, -0.2) is 0 Å². The van der Waals surface area contributed by atoms with Crippen molar-refractivity contribution in [1.82, 2.24) is 0 Å². The molecule has 0 spiro atoms. The molecule has 0 aromatic carbocycles. The molecule has 0 aromatic heterocycles. The Hall–Kier alpha value is -1.05. The largest absolute Gasteiger partial charge is 0.366 e. The van der Waals surface area contributed by atoms with E-state index in [0.717, 1.165) is 19.3 Å². The van der Waals surface area contributed by atoms with E-state index in [2.05, 4.69) is 12.2 Å². The summed E-state index contributed by atoms with van der Waals surface area (Å²) < 4.78 is 0. The average molecular weight is 151 g/mol. The first-order valence-electron chi connectivity index (χ1n) is 3.91. The van der Waals surface area contributed by atoms with Gasteiger partial charge in [0.05, 0.1) is 0 Å². The van der Waals surface area contributed by atoms with Crippen LogP contribution >= 0.6 is 0 Å². The summed E-state index contributed by atoms with van der Waals surface area (Å²) in [5.74, 6) is 0.173.